The summed E-state index contributed by atoms with van der Waals surface area (Å²) in [4.78, 5) is 5.52. The van der Waals surface area contributed by atoms with Crippen LogP contribution >= 0.6 is 11.8 Å². The smallest absolute Gasteiger partial charge is 0.237 e. The number of hydrogen-bond acceptors (Lipinski definition) is 5. The van der Waals surface area contributed by atoms with E-state index < -0.39 is 0 Å². The van der Waals surface area contributed by atoms with Gasteiger partial charge in [-0.3, -0.25) is 0 Å². The highest BCUT2D eigenvalue weighted by Gasteiger charge is 2.10. The summed E-state index contributed by atoms with van der Waals surface area (Å²) in [5.41, 5.74) is 2.27. The second-order valence-electron chi connectivity index (χ2n) is 5.00. The second-order valence-corrected chi connectivity index (χ2v) is 6.02. The zero-order chi connectivity index (χ0) is 16.1. The van der Waals surface area contributed by atoms with E-state index in [1.807, 2.05) is 36.4 Å². The lowest BCUT2D eigenvalue weighted by Crippen LogP contribution is -1.87. The van der Waals surface area contributed by atoms with Crippen LogP contribution in [0.3, 0.4) is 0 Å². The standard InChI is InChI=1S/C18H18N2O2S/c1-3-13-8-10-14(11-9-13)18-19-17(22-20-18)12-23-16-7-5-4-6-15(16)21-2/h4-11H,3,12H2,1-2H3. The summed E-state index contributed by atoms with van der Waals surface area (Å²) in [5, 5.41) is 4.07. The Morgan fingerprint density at radius 2 is 1.87 bits per heavy atom. The van der Waals surface area contributed by atoms with Gasteiger partial charge in [-0.15, -0.1) is 11.8 Å². The van der Waals surface area contributed by atoms with Crippen molar-refractivity contribution in [2.75, 3.05) is 7.11 Å². The highest BCUT2D eigenvalue weighted by Crippen LogP contribution is 2.31. The number of nitrogens with zero attached hydrogens (tertiary/aromatic N) is 2. The molecule has 1 aromatic heterocycles. The van der Waals surface area contributed by atoms with Crippen molar-refractivity contribution < 1.29 is 9.26 Å². The van der Waals surface area contributed by atoms with Crippen LogP contribution in [-0.2, 0) is 12.2 Å². The number of para-hydroxylation sites is 1. The van der Waals surface area contributed by atoms with E-state index in [0.717, 1.165) is 22.6 Å². The summed E-state index contributed by atoms with van der Waals surface area (Å²) in [6, 6.07) is 16.1. The summed E-state index contributed by atoms with van der Waals surface area (Å²) in [5.74, 6) is 2.70. The van der Waals surface area contributed by atoms with Crippen LogP contribution in [0.25, 0.3) is 11.4 Å². The van der Waals surface area contributed by atoms with Gasteiger partial charge in [0.15, 0.2) is 0 Å². The van der Waals surface area contributed by atoms with E-state index in [4.69, 9.17) is 9.26 Å². The number of methoxy groups -OCH3 is 1. The average molecular weight is 326 g/mol. The Morgan fingerprint density at radius 1 is 1.09 bits per heavy atom. The predicted molar refractivity (Wildman–Crippen MR) is 91.7 cm³/mol. The summed E-state index contributed by atoms with van der Waals surface area (Å²) < 4.78 is 10.7. The molecule has 0 radical (unpaired) electrons. The molecular formula is C18H18N2O2S. The van der Waals surface area contributed by atoms with Crippen molar-refractivity contribution in [1.82, 2.24) is 10.1 Å². The quantitative estimate of drug-likeness (QED) is 0.620. The average Bonchev–Trinajstić information content (AvgIpc) is 3.09. The van der Waals surface area contributed by atoms with Crippen LogP contribution in [-0.4, -0.2) is 17.3 Å². The molecule has 3 rings (SSSR count). The van der Waals surface area contributed by atoms with Crippen LogP contribution in [0.5, 0.6) is 5.75 Å². The van der Waals surface area contributed by atoms with Crippen LogP contribution in [0.2, 0.25) is 0 Å². The molecule has 4 nitrogen and oxygen atoms in total. The zero-order valence-corrected chi connectivity index (χ0v) is 14.0. The fourth-order valence-corrected chi connectivity index (χ4v) is 3.06. The summed E-state index contributed by atoms with van der Waals surface area (Å²) in [6.07, 6.45) is 1.02. The summed E-state index contributed by atoms with van der Waals surface area (Å²) >= 11 is 1.62. The lowest BCUT2D eigenvalue weighted by Gasteiger charge is -2.05. The van der Waals surface area contributed by atoms with Gasteiger partial charge in [-0.05, 0) is 24.1 Å². The van der Waals surface area contributed by atoms with E-state index in [1.165, 1.54) is 5.56 Å². The Kier molecular flexibility index (Phi) is 4.98. The molecule has 0 spiro atoms. The molecule has 0 fully saturated rings. The Morgan fingerprint density at radius 3 is 2.61 bits per heavy atom. The van der Waals surface area contributed by atoms with Gasteiger partial charge in [0.1, 0.15) is 5.75 Å². The molecule has 0 aliphatic carbocycles. The molecule has 0 unspecified atom stereocenters. The lowest BCUT2D eigenvalue weighted by atomic mass is 10.1. The van der Waals surface area contributed by atoms with Crippen molar-refractivity contribution in [3.63, 3.8) is 0 Å². The van der Waals surface area contributed by atoms with Crippen LogP contribution in [0, 0.1) is 0 Å². The van der Waals surface area contributed by atoms with Crippen molar-refractivity contribution in [3.8, 4) is 17.1 Å². The van der Waals surface area contributed by atoms with E-state index in [9.17, 15) is 0 Å². The minimum atomic E-state index is 0.607. The zero-order valence-electron chi connectivity index (χ0n) is 13.2. The van der Waals surface area contributed by atoms with Gasteiger partial charge in [0, 0.05) is 10.5 Å². The molecule has 118 valence electrons. The van der Waals surface area contributed by atoms with E-state index in [1.54, 1.807) is 18.9 Å². The fourth-order valence-electron chi connectivity index (χ4n) is 2.20. The number of benzene rings is 2. The van der Waals surface area contributed by atoms with Gasteiger partial charge >= 0.3 is 0 Å². The van der Waals surface area contributed by atoms with Gasteiger partial charge in [-0.25, -0.2) is 0 Å². The first kappa shape index (κ1) is 15.6. The van der Waals surface area contributed by atoms with Crippen molar-refractivity contribution in [2.24, 2.45) is 0 Å². The third kappa shape index (κ3) is 3.74. The molecule has 0 saturated heterocycles. The molecule has 3 aromatic rings. The highest BCUT2D eigenvalue weighted by atomic mass is 32.2. The Bertz CT molecular complexity index is 769. The lowest BCUT2D eigenvalue weighted by molar-refractivity contribution is 0.391. The molecule has 2 aromatic carbocycles. The van der Waals surface area contributed by atoms with Crippen LogP contribution in [0.4, 0.5) is 0 Å². The monoisotopic (exact) mass is 326 g/mol. The SMILES string of the molecule is CCc1ccc(-c2noc(CSc3ccccc3OC)n2)cc1. The van der Waals surface area contributed by atoms with Crippen molar-refractivity contribution in [2.45, 2.75) is 24.0 Å². The Balaban J connectivity index is 1.69. The number of rotatable bonds is 6. The molecule has 5 heteroatoms. The first-order valence-corrected chi connectivity index (χ1v) is 8.46. The third-order valence-corrected chi connectivity index (χ3v) is 4.55. The molecule has 0 saturated carbocycles. The number of aryl methyl sites for hydroxylation is 1. The highest BCUT2D eigenvalue weighted by molar-refractivity contribution is 7.98. The minimum absolute atomic E-state index is 0.607. The molecule has 0 aliphatic rings. The molecule has 1 heterocycles. The third-order valence-electron chi connectivity index (χ3n) is 3.51. The number of ether oxygens (including phenoxy) is 1. The molecule has 0 aliphatic heterocycles. The number of hydrogen-bond donors (Lipinski definition) is 0. The van der Waals surface area contributed by atoms with Gasteiger partial charge in [0.2, 0.25) is 11.7 Å². The summed E-state index contributed by atoms with van der Waals surface area (Å²) in [6.45, 7) is 2.14. The van der Waals surface area contributed by atoms with E-state index in [0.29, 0.717) is 17.5 Å². The predicted octanol–water partition coefficient (Wildman–Crippen LogP) is 4.60. The Hall–Kier alpha value is -2.27. The molecule has 0 atom stereocenters. The normalized spacial score (nSPS) is 10.7. The Labute approximate surface area is 139 Å². The number of thioether (sulfide) groups is 1. The van der Waals surface area contributed by atoms with Crippen LogP contribution < -0.4 is 4.74 Å². The summed E-state index contributed by atoms with van der Waals surface area (Å²) in [7, 11) is 1.67. The number of aromatic nitrogens is 2. The van der Waals surface area contributed by atoms with E-state index in [2.05, 4.69) is 29.2 Å². The topological polar surface area (TPSA) is 48.2 Å². The molecule has 0 bridgehead atoms. The molecular weight excluding hydrogens is 308 g/mol. The van der Waals surface area contributed by atoms with Gasteiger partial charge in [-0.1, -0.05) is 48.5 Å². The van der Waals surface area contributed by atoms with Crippen LogP contribution in [0.15, 0.2) is 57.9 Å². The first-order chi connectivity index (χ1) is 11.3. The second kappa shape index (κ2) is 7.33. The molecule has 0 amide bonds. The van der Waals surface area contributed by atoms with E-state index in [-0.39, 0.29) is 0 Å². The van der Waals surface area contributed by atoms with E-state index >= 15 is 0 Å². The molecule has 23 heavy (non-hydrogen) atoms. The van der Waals surface area contributed by atoms with Crippen molar-refractivity contribution >= 4 is 11.8 Å². The molecule has 0 N–H and O–H groups in total. The first-order valence-electron chi connectivity index (χ1n) is 7.48. The maximum absolute atomic E-state index is 5.35. The van der Waals surface area contributed by atoms with Crippen LogP contribution in [0.1, 0.15) is 18.4 Å². The minimum Gasteiger partial charge on any atom is -0.496 e. The van der Waals surface area contributed by atoms with Gasteiger partial charge in [0.05, 0.1) is 12.9 Å². The largest absolute Gasteiger partial charge is 0.496 e. The fraction of sp³-hybridized carbons (Fsp3) is 0.222. The maximum Gasteiger partial charge on any atom is 0.237 e. The van der Waals surface area contributed by atoms with Gasteiger partial charge < -0.3 is 9.26 Å². The maximum atomic E-state index is 5.35. The van der Waals surface area contributed by atoms with Gasteiger partial charge in [0.25, 0.3) is 0 Å². The van der Waals surface area contributed by atoms with Gasteiger partial charge in [-0.2, -0.15) is 4.98 Å². The van der Waals surface area contributed by atoms with Crippen molar-refractivity contribution in [1.29, 1.82) is 0 Å². The van der Waals surface area contributed by atoms with Crippen molar-refractivity contribution in [3.05, 3.63) is 60.0 Å².